The van der Waals surface area contributed by atoms with E-state index in [0.29, 0.717) is 13.0 Å². The Morgan fingerprint density at radius 1 is 1.56 bits per heavy atom. The Kier molecular flexibility index (Phi) is 4.92. The van der Waals surface area contributed by atoms with Crippen molar-refractivity contribution in [3.05, 3.63) is 15.9 Å². The fourth-order valence-corrected chi connectivity index (χ4v) is 2.06. The van der Waals surface area contributed by atoms with E-state index in [1.807, 2.05) is 25.5 Å². The van der Waals surface area contributed by atoms with E-state index in [-0.39, 0.29) is 5.97 Å². The maximum absolute atomic E-state index is 11.7. The van der Waals surface area contributed by atoms with Crippen molar-refractivity contribution in [1.29, 1.82) is 0 Å². The number of methoxy groups -OCH3 is 1. The molecule has 1 N–H and O–H groups in total. The van der Waals surface area contributed by atoms with Crippen molar-refractivity contribution in [2.45, 2.75) is 39.3 Å². The van der Waals surface area contributed by atoms with E-state index < -0.39 is 5.54 Å². The summed E-state index contributed by atoms with van der Waals surface area (Å²) < 4.78 is 7.73. The Hall–Kier alpha value is -0.880. The molecular formula is C12H20BrN3O2. The number of ether oxygens (including phenoxy) is 1. The predicted molar refractivity (Wildman–Crippen MR) is 73.5 cm³/mol. The lowest BCUT2D eigenvalue weighted by atomic mass is 9.98. The van der Waals surface area contributed by atoms with Crippen LogP contribution in [0, 0.1) is 13.8 Å². The molecule has 0 amide bonds. The molecule has 0 spiro atoms. The van der Waals surface area contributed by atoms with Gasteiger partial charge in [-0.25, -0.2) is 0 Å². The van der Waals surface area contributed by atoms with Gasteiger partial charge in [0.2, 0.25) is 0 Å². The lowest BCUT2D eigenvalue weighted by molar-refractivity contribution is -0.148. The highest BCUT2D eigenvalue weighted by molar-refractivity contribution is 9.10. The number of nitrogens with zero attached hydrogens (tertiary/aromatic N) is 2. The Morgan fingerprint density at radius 3 is 2.56 bits per heavy atom. The van der Waals surface area contributed by atoms with Gasteiger partial charge in [0.25, 0.3) is 0 Å². The third-order valence-corrected chi connectivity index (χ3v) is 4.45. The van der Waals surface area contributed by atoms with Crippen LogP contribution in [-0.2, 0) is 16.1 Å². The predicted octanol–water partition coefficient (Wildman–Crippen LogP) is 1.80. The normalized spacial score (nSPS) is 14.3. The summed E-state index contributed by atoms with van der Waals surface area (Å²) in [6, 6.07) is 0. The molecule has 18 heavy (non-hydrogen) atoms. The molecule has 6 heteroatoms. The van der Waals surface area contributed by atoms with Gasteiger partial charge >= 0.3 is 5.97 Å². The second-order valence-corrected chi connectivity index (χ2v) is 5.32. The van der Waals surface area contributed by atoms with Crippen LogP contribution in [0.4, 0.5) is 0 Å². The van der Waals surface area contributed by atoms with Crippen LogP contribution in [0.1, 0.15) is 24.7 Å². The Morgan fingerprint density at radius 2 is 2.17 bits per heavy atom. The molecule has 1 atom stereocenters. The van der Waals surface area contributed by atoms with Crippen LogP contribution in [0.3, 0.4) is 0 Å². The number of aryl methyl sites for hydroxylation is 2. The lowest BCUT2D eigenvalue weighted by Crippen LogP contribution is -2.49. The lowest BCUT2D eigenvalue weighted by Gasteiger charge is -2.26. The van der Waals surface area contributed by atoms with Gasteiger partial charge in [0, 0.05) is 12.2 Å². The molecule has 1 aromatic heterocycles. The average Bonchev–Trinajstić information content (AvgIpc) is 2.62. The van der Waals surface area contributed by atoms with Gasteiger partial charge in [-0.1, -0.05) is 0 Å². The first-order chi connectivity index (χ1) is 8.35. The smallest absolute Gasteiger partial charge is 0.325 e. The number of hydrogen-bond acceptors (Lipinski definition) is 4. The third-order valence-electron chi connectivity index (χ3n) is 3.30. The van der Waals surface area contributed by atoms with Crippen molar-refractivity contribution in [3.8, 4) is 0 Å². The van der Waals surface area contributed by atoms with E-state index in [9.17, 15) is 4.79 Å². The number of nitrogens with one attached hydrogen (secondary N) is 1. The molecule has 0 radical (unpaired) electrons. The van der Waals surface area contributed by atoms with Crippen LogP contribution < -0.4 is 5.32 Å². The number of carbonyl (C=O) groups excluding carboxylic acids is 1. The quantitative estimate of drug-likeness (QED) is 0.841. The zero-order valence-corrected chi connectivity index (χ0v) is 13.1. The van der Waals surface area contributed by atoms with Gasteiger partial charge in [0.1, 0.15) is 5.54 Å². The van der Waals surface area contributed by atoms with Gasteiger partial charge in [0.15, 0.2) is 0 Å². The van der Waals surface area contributed by atoms with E-state index >= 15 is 0 Å². The zero-order chi connectivity index (χ0) is 13.9. The minimum absolute atomic E-state index is 0.259. The summed E-state index contributed by atoms with van der Waals surface area (Å²) in [5, 5.41) is 7.44. The van der Waals surface area contributed by atoms with Crippen LogP contribution in [0.15, 0.2) is 4.47 Å². The molecule has 1 unspecified atom stereocenters. The molecular weight excluding hydrogens is 298 g/mol. The number of halogens is 1. The van der Waals surface area contributed by atoms with Crippen molar-refractivity contribution in [3.63, 3.8) is 0 Å². The minimum atomic E-state index is -0.687. The number of rotatable bonds is 5. The number of aromatic nitrogens is 2. The summed E-state index contributed by atoms with van der Waals surface area (Å²) in [5.41, 5.74) is 1.33. The Labute approximate surface area is 116 Å². The molecule has 5 nitrogen and oxygen atoms in total. The van der Waals surface area contributed by atoms with Crippen LogP contribution in [0.2, 0.25) is 0 Å². The van der Waals surface area contributed by atoms with Gasteiger partial charge < -0.3 is 10.1 Å². The summed E-state index contributed by atoms with van der Waals surface area (Å²) in [6.45, 7) is 6.44. The fourth-order valence-electron chi connectivity index (χ4n) is 1.78. The molecule has 0 aromatic carbocycles. The molecule has 0 aliphatic heterocycles. The fraction of sp³-hybridized carbons (Fsp3) is 0.667. The van der Waals surface area contributed by atoms with E-state index in [1.165, 1.54) is 7.11 Å². The molecule has 1 aromatic rings. The highest BCUT2D eigenvalue weighted by Gasteiger charge is 2.32. The van der Waals surface area contributed by atoms with Crippen LogP contribution in [-0.4, -0.2) is 35.4 Å². The van der Waals surface area contributed by atoms with E-state index in [2.05, 4.69) is 26.3 Å². The molecule has 0 saturated carbocycles. The van der Waals surface area contributed by atoms with Gasteiger partial charge in [-0.3, -0.25) is 9.48 Å². The topological polar surface area (TPSA) is 56.2 Å². The second kappa shape index (κ2) is 5.84. The summed E-state index contributed by atoms with van der Waals surface area (Å²) in [4.78, 5) is 11.7. The van der Waals surface area contributed by atoms with Crippen LogP contribution in [0.5, 0.6) is 0 Å². The van der Waals surface area contributed by atoms with E-state index in [4.69, 9.17) is 4.74 Å². The van der Waals surface area contributed by atoms with Crippen LogP contribution in [0.25, 0.3) is 0 Å². The van der Waals surface area contributed by atoms with Gasteiger partial charge in [-0.2, -0.15) is 5.10 Å². The van der Waals surface area contributed by atoms with Crippen molar-refractivity contribution in [2.75, 3.05) is 14.2 Å². The van der Waals surface area contributed by atoms with Crippen molar-refractivity contribution < 1.29 is 9.53 Å². The summed E-state index contributed by atoms with van der Waals surface area (Å²) >= 11 is 3.49. The SMILES string of the molecule is CNC(C)(CCn1nc(C)c(Br)c1C)C(=O)OC. The molecule has 0 bridgehead atoms. The van der Waals surface area contributed by atoms with E-state index in [1.54, 1.807) is 7.05 Å². The highest BCUT2D eigenvalue weighted by atomic mass is 79.9. The van der Waals surface area contributed by atoms with Crippen molar-refractivity contribution in [2.24, 2.45) is 0 Å². The first-order valence-corrected chi connectivity index (χ1v) is 6.62. The van der Waals surface area contributed by atoms with Gasteiger partial charge in [-0.15, -0.1) is 0 Å². The van der Waals surface area contributed by atoms with Crippen molar-refractivity contribution >= 4 is 21.9 Å². The standard InChI is InChI=1S/C12H20BrN3O2/c1-8-10(13)9(2)16(15-8)7-6-12(3,14-4)11(17)18-5/h14H,6-7H2,1-5H3. The molecule has 0 saturated heterocycles. The molecule has 0 aliphatic carbocycles. The first kappa shape index (κ1) is 15.2. The summed E-state index contributed by atoms with van der Waals surface area (Å²) in [6.07, 6.45) is 0.616. The molecule has 0 fully saturated rings. The molecule has 0 aliphatic rings. The summed E-state index contributed by atoms with van der Waals surface area (Å²) in [7, 11) is 3.16. The highest BCUT2D eigenvalue weighted by Crippen LogP contribution is 2.21. The number of hydrogen-bond donors (Lipinski definition) is 1. The third kappa shape index (κ3) is 2.92. The first-order valence-electron chi connectivity index (χ1n) is 5.82. The van der Waals surface area contributed by atoms with E-state index in [0.717, 1.165) is 15.9 Å². The summed E-state index contributed by atoms with van der Waals surface area (Å²) in [5.74, 6) is -0.259. The molecule has 1 rings (SSSR count). The maximum atomic E-state index is 11.7. The number of carbonyl (C=O) groups is 1. The number of likely N-dealkylation sites (N-methyl/N-ethyl adjacent to an activating group) is 1. The van der Waals surface area contributed by atoms with Crippen LogP contribution >= 0.6 is 15.9 Å². The Balaban J connectivity index is 2.80. The minimum Gasteiger partial charge on any atom is -0.468 e. The zero-order valence-electron chi connectivity index (χ0n) is 11.5. The van der Waals surface area contributed by atoms with Gasteiger partial charge in [0.05, 0.1) is 17.3 Å². The van der Waals surface area contributed by atoms with Crippen molar-refractivity contribution in [1.82, 2.24) is 15.1 Å². The monoisotopic (exact) mass is 317 g/mol. The maximum Gasteiger partial charge on any atom is 0.325 e. The van der Waals surface area contributed by atoms with Gasteiger partial charge in [-0.05, 0) is 50.2 Å². The Bertz CT molecular complexity index is 445. The largest absolute Gasteiger partial charge is 0.468 e. The average molecular weight is 318 g/mol. The molecule has 102 valence electrons. The second-order valence-electron chi connectivity index (χ2n) is 4.53. The molecule has 1 heterocycles. The number of esters is 1.